The summed E-state index contributed by atoms with van der Waals surface area (Å²) in [5.74, 6) is 1.55. The van der Waals surface area contributed by atoms with Crippen LogP contribution in [0.25, 0.3) is 0 Å². The molecule has 5 nitrogen and oxygen atoms in total. The highest BCUT2D eigenvalue weighted by Crippen LogP contribution is 2.54. The summed E-state index contributed by atoms with van der Waals surface area (Å²) < 4.78 is 28.7. The van der Waals surface area contributed by atoms with Crippen LogP contribution in [0.4, 0.5) is 0 Å². The molecule has 1 heterocycles. The van der Waals surface area contributed by atoms with E-state index in [0.717, 1.165) is 37.7 Å². The number of piperidine rings is 1. The Kier molecular flexibility index (Phi) is 6.42. The summed E-state index contributed by atoms with van der Waals surface area (Å²) in [6, 6.07) is 6.67. The van der Waals surface area contributed by atoms with Crippen molar-refractivity contribution in [1.29, 1.82) is 0 Å². The van der Waals surface area contributed by atoms with E-state index in [1.807, 2.05) is 13.8 Å². The third-order valence-electron chi connectivity index (χ3n) is 6.25. The highest BCUT2D eigenvalue weighted by atomic mass is 32.2. The summed E-state index contributed by atoms with van der Waals surface area (Å²) >= 11 is 0. The quantitative estimate of drug-likeness (QED) is 0.666. The SMILES string of the molecule is CC(C)(O)CN1CCC2(CC1)CC(CCCOc1ccc(S(C)(=O)=O)cc1)C2. The standard InChI is InChI=1S/C22H35NO4S/c1-21(2,24)17-23-12-10-22(11-13-23)15-18(16-22)5-4-14-27-19-6-8-20(9-7-19)28(3,25)26/h6-9,18,24H,4-5,10-17H2,1-3H3. The first-order valence-corrected chi connectivity index (χ1v) is 12.3. The van der Waals surface area contributed by atoms with Crippen molar-refractivity contribution in [3.63, 3.8) is 0 Å². The second-order valence-electron chi connectivity index (χ2n) is 9.60. The molecule has 1 N–H and O–H groups in total. The molecule has 1 spiro atoms. The van der Waals surface area contributed by atoms with Crippen LogP contribution in [-0.2, 0) is 9.84 Å². The van der Waals surface area contributed by atoms with Crippen LogP contribution >= 0.6 is 0 Å². The second kappa shape index (κ2) is 8.33. The molecule has 6 heteroatoms. The normalized spacial score (nSPS) is 20.9. The van der Waals surface area contributed by atoms with Gasteiger partial charge < -0.3 is 14.7 Å². The number of benzene rings is 1. The van der Waals surface area contributed by atoms with Gasteiger partial charge in [-0.2, -0.15) is 0 Å². The van der Waals surface area contributed by atoms with E-state index in [4.69, 9.17) is 4.74 Å². The van der Waals surface area contributed by atoms with E-state index < -0.39 is 15.4 Å². The number of sulfone groups is 1. The zero-order chi connectivity index (χ0) is 20.4. The smallest absolute Gasteiger partial charge is 0.175 e. The number of aliphatic hydroxyl groups is 1. The van der Waals surface area contributed by atoms with E-state index in [9.17, 15) is 13.5 Å². The predicted octanol–water partition coefficient (Wildman–Crippen LogP) is 3.51. The maximum absolute atomic E-state index is 11.5. The number of hydrogen-bond acceptors (Lipinski definition) is 5. The largest absolute Gasteiger partial charge is 0.494 e. The van der Waals surface area contributed by atoms with Crippen LogP contribution in [0.1, 0.15) is 52.4 Å². The molecule has 1 aliphatic carbocycles. The molecule has 3 rings (SSSR count). The van der Waals surface area contributed by atoms with Gasteiger partial charge in [0.05, 0.1) is 17.1 Å². The minimum absolute atomic E-state index is 0.327. The molecule has 1 saturated heterocycles. The summed E-state index contributed by atoms with van der Waals surface area (Å²) in [4.78, 5) is 2.73. The van der Waals surface area contributed by atoms with Crippen molar-refractivity contribution in [2.24, 2.45) is 11.3 Å². The third-order valence-corrected chi connectivity index (χ3v) is 7.38. The van der Waals surface area contributed by atoms with Crippen LogP contribution < -0.4 is 4.74 Å². The van der Waals surface area contributed by atoms with Crippen molar-refractivity contribution in [1.82, 2.24) is 4.90 Å². The van der Waals surface area contributed by atoms with Crippen LogP contribution in [0.2, 0.25) is 0 Å². The van der Waals surface area contributed by atoms with Gasteiger partial charge in [-0.3, -0.25) is 0 Å². The summed E-state index contributed by atoms with van der Waals surface area (Å²) in [6.07, 6.45) is 8.67. The van der Waals surface area contributed by atoms with Gasteiger partial charge in [0.2, 0.25) is 0 Å². The van der Waals surface area contributed by atoms with Crippen molar-refractivity contribution in [3.05, 3.63) is 24.3 Å². The minimum Gasteiger partial charge on any atom is -0.494 e. The lowest BCUT2D eigenvalue weighted by atomic mass is 9.56. The Hall–Kier alpha value is -1.11. The van der Waals surface area contributed by atoms with E-state index in [0.29, 0.717) is 16.9 Å². The Morgan fingerprint density at radius 1 is 1.18 bits per heavy atom. The van der Waals surface area contributed by atoms with Gasteiger partial charge in [0, 0.05) is 12.8 Å². The van der Waals surface area contributed by atoms with Gasteiger partial charge in [-0.25, -0.2) is 8.42 Å². The molecule has 0 bridgehead atoms. The maximum atomic E-state index is 11.5. The lowest BCUT2D eigenvalue weighted by Crippen LogP contribution is -2.50. The molecule has 158 valence electrons. The molecule has 2 aliphatic rings. The first kappa shape index (κ1) is 21.6. The van der Waals surface area contributed by atoms with E-state index in [1.165, 1.54) is 38.4 Å². The minimum atomic E-state index is -3.15. The summed E-state index contributed by atoms with van der Waals surface area (Å²) in [7, 11) is -3.15. The van der Waals surface area contributed by atoms with E-state index in [1.54, 1.807) is 24.3 Å². The second-order valence-corrected chi connectivity index (χ2v) is 11.6. The Morgan fingerprint density at radius 3 is 2.32 bits per heavy atom. The van der Waals surface area contributed by atoms with Crippen LogP contribution in [-0.4, -0.2) is 56.5 Å². The molecule has 1 aliphatic heterocycles. The molecule has 0 amide bonds. The maximum Gasteiger partial charge on any atom is 0.175 e. The highest BCUT2D eigenvalue weighted by Gasteiger charge is 2.45. The zero-order valence-corrected chi connectivity index (χ0v) is 18.3. The van der Waals surface area contributed by atoms with Crippen molar-refractivity contribution in [2.75, 3.05) is 32.5 Å². The van der Waals surface area contributed by atoms with Gasteiger partial charge in [-0.1, -0.05) is 0 Å². The molecular formula is C22H35NO4S. The van der Waals surface area contributed by atoms with Gasteiger partial charge >= 0.3 is 0 Å². The van der Waals surface area contributed by atoms with Crippen LogP contribution in [0.15, 0.2) is 29.2 Å². The van der Waals surface area contributed by atoms with Gasteiger partial charge in [-0.05, 0) is 101 Å². The number of hydrogen-bond donors (Lipinski definition) is 1. The van der Waals surface area contributed by atoms with Crippen LogP contribution in [0.5, 0.6) is 5.75 Å². The first-order valence-electron chi connectivity index (χ1n) is 10.4. The highest BCUT2D eigenvalue weighted by molar-refractivity contribution is 7.90. The lowest BCUT2D eigenvalue weighted by Gasteiger charge is -2.53. The fourth-order valence-electron chi connectivity index (χ4n) is 4.86. The Morgan fingerprint density at radius 2 is 1.79 bits per heavy atom. The zero-order valence-electron chi connectivity index (χ0n) is 17.5. The molecule has 1 aromatic rings. The average Bonchev–Trinajstić information content (AvgIpc) is 2.57. The van der Waals surface area contributed by atoms with E-state index in [-0.39, 0.29) is 0 Å². The molecule has 0 unspecified atom stereocenters. The average molecular weight is 410 g/mol. The number of nitrogens with zero attached hydrogens (tertiary/aromatic N) is 1. The van der Waals surface area contributed by atoms with Crippen molar-refractivity contribution >= 4 is 9.84 Å². The fraction of sp³-hybridized carbons (Fsp3) is 0.727. The fourth-order valence-corrected chi connectivity index (χ4v) is 5.49. The van der Waals surface area contributed by atoms with Gasteiger partial charge in [0.15, 0.2) is 9.84 Å². The van der Waals surface area contributed by atoms with Crippen molar-refractivity contribution in [3.8, 4) is 5.75 Å². The molecule has 0 aromatic heterocycles. The van der Waals surface area contributed by atoms with E-state index >= 15 is 0 Å². The number of likely N-dealkylation sites (tertiary alicyclic amines) is 1. The molecule has 0 radical (unpaired) electrons. The Balaban J connectivity index is 1.31. The molecule has 0 atom stereocenters. The van der Waals surface area contributed by atoms with Gasteiger partial charge in [-0.15, -0.1) is 0 Å². The number of rotatable bonds is 8. The monoisotopic (exact) mass is 409 g/mol. The third kappa shape index (κ3) is 5.94. The molecular weight excluding hydrogens is 374 g/mol. The summed E-state index contributed by atoms with van der Waals surface area (Å²) in [5.41, 5.74) is -0.0408. The lowest BCUT2D eigenvalue weighted by molar-refractivity contribution is -0.0397. The number of ether oxygens (including phenoxy) is 1. The molecule has 1 aromatic carbocycles. The van der Waals surface area contributed by atoms with Crippen molar-refractivity contribution < 1.29 is 18.3 Å². The van der Waals surface area contributed by atoms with Crippen LogP contribution in [0, 0.1) is 11.3 Å². The number of β-amino-alcohol motifs (C(OH)–C–C–N with tert-alkyl or cyclic N) is 1. The van der Waals surface area contributed by atoms with Crippen molar-refractivity contribution in [2.45, 2.75) is 62.9 Å². The summed E-state index contributed by atoms with van der Waals surface area (Å²) in [6.45, 7) is 7.46. The van der Waals surface area contributed by atoms with Crippen LogP contribution in [0.3, 0.4) is 0 Å². The summed E-state index contributed by atoms with van der Waals surface area (Å²) in [5, 5.41) is 9.98. The Labute approximate surface area is 170 Å². The predicted molar refractivity (Wildman–Crippen MR) is 111 cm³/mol. The Bertz CT molecular complexity index is 736. The first-order chi connectivity index (χ1) is 13.0. The van der Waals surface area contributed by atoms with E-state index in [2.05, 4.69) is 4.90 Å². The van der Waals surface area contributed by atoms with Gasteiger partial charge in [0.1, 0.15) is 5.75 Å². The topological polar surface area (TPSA) is 66.8 Å². The molecule has 2 fully saturated rings. The molecule has 1 saturated carbocycles. The molecule has 28 heavy (non-hydrogen) atoms. The van der Waals surface area contributed by atoms with Gasteiger partial charge in [0.25, 0.3) is 0 Å².